The highest BCUT2D eigenvalue weighted by Gasteiger charge is 2.07. The number of pyridine rings is 1. The SMILES string of the molecule is CN(C)Cc1ccc(NC(=O)c2cccc(Br)n2)cc1. The summed E-state index contributed by atoms with van der Waals surface area (Å²) in [6.07, 6.45) is 0. The summed E-state index contributed by atoms with van der Waals surface area (Å²) in [6, 6.07) is 13.1. The van der Waals surface area contributed by atoms with Crippen LogP contribution >= 0.6 is 15.9 Å². The Hall–Kier alpha value is -1.72. The van der Waals surface area contributed by atoms with Gasteiger partial charge in [-0.2, -0.15) is 0 Å². The topological polar surface area (TPSA) is 45.2 Å². The molecule has 104 valence electrons. The van der Waals surface area contributed by atoms with Gasteiger partial charge >= 0.3 is 0 Å². The first kappa shape index (κ1) is 14.7. The van der Waals surface area contributed by atoms with E-state index in [2.05, 4.69) is 31.1 Å². The minimum Gasteiger partial charge on any atom is -0.321 e. The molecule has 0 unspecified atom stereocenters. The van der Waals surface area contributed by atoms with E-state index in [4.69, 9.17) is 0 Å². The van der Waals surface area contributed by atoms with Gasteiger partial charge in [-0.3, -0.25) is 4.79 Å². The molecule has 0 aliphatic carbocycles. The highest BCUT2D eigenvalue weighted by Crippen LogP contribution is 2.13. The number of hydrogen-bond donors (Lipinski definition) is 1. The van der Waals surface area contributed by atoms with Crippen LogP contribution in [-0.4, -0.2) is 29.9 Å². The highest BCUT2D eigenvalue weighted by molar-refractivity contribution is 9.10. The quantitative estimate of drug-likeness (QED) is 0.874. The van der Waals surface area contributed by atoms with Crippen molar-refractivity contribution in [3.05, 3.63) is 58.3 Å². The second kappa shape index (κ2) is 6.63. The van der Waals surface area contributed by atoms with Gasteiger partial charge in [-0.05, 0) is 59.9 Å². The Labute approximate surface area is 127 Å². The molecule has 0 atom stereocenters. The Kier molecular flexibility index (Phi) is 4.87. The van der Waals surface area contributed by atoms with E-state index >= 15 is 0 Å². The molecule has 1 amide bonds. The number of halogens is 1. The molecule has 0 aliphatic heterocycles. The lowest BCUT2D eigenvalue weighted by molar-refractivity contribution is 0.102. The first-order valence-electron chi connectivity index (χ1n) is 6.22. The van der Waals surface area contributed by atoms with E-state index in [0.29, 0.717) is 10.3 Å². The van der Waals surface area contributed by atoms with Crippen LogP contribution in [0.3, 0.4) is 0 Å². The lowest BCUT2D eigenvalue weighted by Gasteiger charge is -2.10. The van der Waals surface area contributed by atoms with Gasteiger partial charge in [0.15, 0.2) is 0 Å². The predicted octanol–water partition coefficient (Wildman–Crippen LogP) is 3.16. The molecule has 0 aliphatic rings. The number of hydrogen-bond acceptors (Lipinski definition) is 3. The summed E-state index contributed by atoms with van der Waals surface area (Å²) in [7, 11) is 4.04. The molecule has 0 fully saturated rings. The molecule has 0 saturated heterocycles. The molecular formula is C15H16BrN3O. The third-order valence-electron chi connectivity index (χ3n) is 2.66. The fraction of sp³-hybridized carbons (Fsp3) is 0.200. The Bertz CT molecular complexity index is 596. The first-order chi connectivity index (χ1) is 9.54. The van der Waals surface area contributed by atoms with Crippen molar-refractivity contribution >= 4 is 27.5 Å². The number of anilines is 1. The second-order valence-corrected chi connectivity index (χ2v) is 5.55. The molecule has 0 bridgehead atoms. The summed E-state index contributed by atoms with van der Waals surface area (Å²) < 4.78 is 0.645. The number of rotatable bonds is 4. The Morgan fingerprint density at radius 1 is 1.20 bits per heavy atom. The van der Waals surface area contributed by atoms with Crippen LogP contribution in [0.25, 0.3) is 0 Å². The average Bonchev–Trinajstić information content (AvgIpc) is 2.40. The molecule has 5 heteroatoms. The van der Waals surface area contributed by atoms with E-state index < -0.39 is 0 Å². The molecular weight excluding hydrogens is 318 g/mol. The molecule has 20 heavy (non-hydrogen) atoms. The Morgan fingerprint density at radius 2 is 1.90 bits per heavy atom. The van der Waals surface area contributed by atoms with Crippen LogP contribution in [0.1, 0.15) is 16.1 Å². The van der Waals surface area contributed by atoms with Crippen LogP contribution in [0.2, 0.25) is 0 Å². The molecule has 4 nitrogen and oxygen atoms in total. The molecule has 1 N–H and O–H groups in total. The molecule has 0 spiro atoms. The number of carbonyl (C=O) groups excluding carboxylic acids is 1. The molecule has 2 rings (SSSR count). The zero-order valence-corrected chi connectivity index (χ0v) is 13.0. The molecule has 0 radical (unpaired) electrons. The van der Waals surface area contributed by atoms with Gasteiger partial charge in [-0.1, -0.05) is 18.2 Å². The van der Waals surface area contributed by atoms with Gasteiger partial charge in [0.25, 0.3) is 5.91 Å². The monoisotopic (exact) mass is 333 g/mol. The standard InChI is InChI=1S/C15H16BrN3O/c1-19(2)10-11-6-8-12(9-7-11)17-15(20)13-4-3-5-14(16)18-13/h3-9H,10H2,1-2H3,(H,17,20). The summed E-state index contributed by atoms with van der Waals surface area (Å²) in [4.78, 5) is 18.2. The predicted molar refractivity (Wildman–Crippen MR) is 83.7 cm³/mol. The van der Waals surface area contributed by atoms with E-state index in [-0.39, 0.29) is 5.91 Å². The van der Waals surface area contributed by atoms with Crippen molar-refractivity contribution in [2.24, 2.45) is 0 Å². The van der Waals surface area contributed by atoms with E-state index in [0.717, 1.165) is 12.2 Å². The fourth-order valence-corrected chi connectivity index (χ4v) is 2.13. The van der Waals surface area contributed by atoms with Gasteiger partial charge in [-0.15, -0.1) is 0 Å². The third-order valence-corrected chi connectivity index (χ3v) is 3.10. The van der Waals surface area contributed by atoms with Gasteiger partial charge in [0, 0.05) is 12.2 Å². The maximum atomic E-state index is 12.0. The van der Waals surface area contributed by atoms with Crippen molar-refractivity contribution in [2.75, 3.05) is 19.4 Å². The summed E-state index contributed by atoms with van der Waals surface area (Å²) in [6.45, 7) is 0.876. The van der Waals surface area contributed by atoms with Crippen molar-refractivity contribution in [1.29, 1.82) is 0 Å². The van der Waals surface area contributed by atoms with Gasteiger partial charge in [0.1, 0.15) is 10.3 Å². The number of nitrogens with one attached hydrogen (secondary N) is 1. The second-order valence-electron chi connectivity index (χ2n) is 4.73. The zero-order chi connectivity index (χ0) is 14.5. The van der Waals surface area contributed by atoms with Crippen molar-refractivity contribution in [2.45, 2.75) is 6.54 Å². The van der Waals surface area contributed by atoms with E-state index in [1.54, 1.807) is 18.2 Å². The molecule has 1 aromatic carbocycles. The maximum absolute atomic E-state index is 12.0. The maximum Gasteiger partial charge on any atom is 0.274 e. The third kappa shape index (κ3) is 4.15. The van der Waals surface area contributed by atoms with Gasteiger partial charge < -0.3 is 10.2 Å². The molecule has 1 aromatic heterocycles. The van der Waals surface area contributed by atoms with Crippen molar-refractivity contribution in [3.63, 3.8) is 0 Å². The lowest BCUT2D eigenvalue weighted by atomic mass is 10.2. The number of amides is 1. The number of aromatic nitrogens is 1. The zero-order valence-electron chi connectivity index (χ0n) is 11.4. The van der Waals surface area contributed by atoms with Crippen LogP contribution in [0.4, 0.5) is 5.69 Å². The summed E-state index contributed by atoms with van der Waals surface area (Å²) in [5.41, 5.74) is 2.35. The van der Waals surface area contributed by atoms with Gasteiger partial charge in [0.05, 0.1) is 0 Å². The fourth-order valence-electron chi connectivity index (χ4n) is 1.79. The minimum absolute atomic E-state index is 0.216. The number of nitrogens with zero attached hydrogens (tertiary/aromatic N) is 2. The Morgan fingerprint density at radius 3 is 2.50 bits per heavy atom. The number of benzene rings is 1. The van der Waals surface area contributed by atoms with Crippen LogP contribution in [-0.2, 0) is 6.54 Å². The Balaban J connectivity index is 2.04. The van der Waals surface area contributed by atoms with Crippen LogP contribution < -0.4 is 5.32 Å². The van der Waals surface area contributed by atoms with E-state index in [9.17, 15) is 4.79 Å². The first-order valence-corrected chi connectivity index (χ1v) is 7.01. The number of carbonyl (C=O) groups is 1. The van der Waals surface area contributed by atoms with Crippen LogP contribution in [0.15, 0.2) is 47.1 Å². The average molecular weight is 334 g/mol. The summed E-state index contributed by atoms with van der Waals surface area (Å²) in [5, 5.41) is 2.83. The lowest BCUT2D eigenvalue weighted by Crippen LogP contribution is -2.14. The van der Waals surface area contributed by atoms with Crippen molar-refractivity contribution < 1.29 is 4.79 Å². The minimum atomic E-state index is -0.216. The van der Waals surface area contributed by atoms with E-state index in [1.807, 2.05) is 38.4 Å². The summed E-state index contributed by atoms with van der Waals surface area (Å²) in [5.74, 6) is -0.216. The van der Waals surface area contributed by atoms with Crippen molar-refractivity contribution in [3.8, 4) is 0 Å². The summed E-state index contributed by atoms with van der Waals surface area (Å²) >= 11 is 3.25. The van der Waals surface area contributed by atoms with Crippen LogP contribution in [0.5, 0.6) is 0 Å². The smallest absolute Gasteiger partial charge is 0.274 e. The van der Waals surface area contributed by atoms with Gasteiger partial charge in [-0.25, -0.2) is 4.98 Å². The van der Waals surface area contributed by atoms with Gasteiger partial charge in [0.2, 0.25) is 0 Å². The van der Waals surface area contributed by atoms with Crippen molar-refractivity contribution in [1.82, 2.24) is 9.88 Å². The highest BCUT2D eigenvalue weighted by atomic mass is 79.9. The van der Waals surface area contributed by atoms with E-state index in [1.165, 1.54) is 5.56 Å². The normalized spacial score (nSPS) is 10.6. The molecule has 1 heterocycles. The molecule has 0 saturated carbocycles. The largest absolute Gasteiger partial charge is 0.321 e. The molecule has 2 aromatic rings. The van der Waals surface area contributed by atoms with Crippen LogP contribution in [0, 0.1) is 0 Å².